The van der Waals surface area contributed by atoms with Gasteiger partial charge in [0.25, 0.3) is 5.91 Å². The smallest absolute Gasteiger partial charge is 0.255 e. The zero-order valence-corrected chi connectivity index (χ0v) is 19.2. The van der Waals surface area contributed by atoms with Gasteiger partial charge in [-0.15, -0.1) is 0 Å². The van der Waals surface area contributed by atoms with Crippen LogP contribution in [0.3, 0.4) is 0 Å². The van der Waals surface area contributed by atoms with Crippen molar-refractivity contribution in [2.24, 2.45) is 5.92 Å². The molecule has 0 bridgehead atoms. The Hall–Kier alpha value is -2.38. The van der Waals surface area contributed by atoms with E-state index in [9.17, 15) is 13.2 Å². The van der Waals surface area contributed by atoms with Gasteiger partial charge in [0.15, 0.2) is 0 Å². The summed E-state index contributed by atoms with van der Waals surface area (Å²) in [7, 11) is -3.52. The lowest BCUT2D eigenvalue weighted by molar-refractivity contribution is 0.102. The maximum atomic E-state index is 12.8. The van der Waals surface area contributed by atoms with Crippen LogP contribution in [0.5, 0.6) is 5.75 Å². The Bertz CT molecular complexity index is 948. The second-order valence-corrected chi connectivity index (χ2v) is 10.1. The van der Waals surface area contributed by atoms with Gasteiger partial charge in [-0.25, -0.2) is 8.42 Å². The summed E-state index contributed by atoms with van der Waals surface area (Å²) in [4.78, 5) is 12.8. The van der Waals surface area contributed by atoms with Crippen molar-refractivity contribution >= 4 is 21.6 Å². The summed E-state index contributed by atoms with van der Waals surface area (Å²) in [6.07, 6.45) is 5.08. The van der Waals surface area contributed by atoms with Crippen molar-refractivity contribution in [3.63, 3.8) is 0 Å². The van der Waals surface area contributed by atoms with Crippen molar-refractivity contribution in [1.82, 2.24) is 4.31 Å². The number of ether oxygens (including phenoxy) is 1. The van der Waals surface area contributed by atoms with Crippen molar-refractivity contribution < 1.29 is 17.9 Å². The van der Waals surface area contributed by atoms with Gasteiger partial charge in [0.05, 0.1) is 11.5 Å². The van der Waals surface area contributed by atoms with Crippen molar-refractivity contribution in [2.45, 2.75) is 50.8 Å². The number of carbonyl (C=O) groups is 1. The van der Waals surface area contributed by atoms with Crippen LogP contribution in [0.25, 0.3) is 0 Å². The van der Waals surface area contributed by atoms with Crippen LogP contribution in [0.2, 0.25) is 0 Å². The van der Waals surface area contributed by atoms with Crippen LogP contribution in [0.15, 0.2) is 53.4 Å². The Labute approximate surface area is 185 Å². The molecule has 31 heavy (non-hydrogen) atoms. The summed E-state index contributed by atoms with van der Waals surface area (Å²) in [5, 5.41) is 2.83. The Morgan fingerprint density at radius 1 is 1.03 bits per heavy atom. The van der Waals surface area contributed by atoms with E-state index in [1.165, 1.54) is 16.4 Å². The minimum Gasteiger partial charge on any atom is -0.494 e. The Morgan fingerprint density at radius 2 is 1.68 bits per heavy atom. The Morgan fingerprint density at radius 3 is 2.29 bits per heavy atom. The lowest BCUT2D eigenvalue weighted by atomic mass is 10.0. The van der Waals surface area contributed by atoms with Crippen molar-refractivity contribution in [1.29, 1.82) is 0 Å². The van der Waals surface area contributed by atoms with Gasteiger partial charge in [0.2, 0.25) is 10.0 Å². The van der Waals surface area contributed by atoms with E-state index in [1.807, 2.05) is 12.1 Å². The van der Waals surface area contributed by atoms with E-state index in [1.54, 1.807) is 24.3 Å². The number of nitrogens with one attached hydrogen (secondary N) is 1. The second-order valence-electron chi connectivity index (χ2n) is 8.15. The van der Waals surface area contributed by atoms with E-state index in [0.717, 1.165) is 37.9 Å². The standard InChI is InChI=1S/C24H32N2O4S/c1-3-4-5-18-30-22-10-8-21(9-11-22)25-24(27)20-6-12-23(13-7-20)31(28,29)26-16-14-19(2)15-17-26/h6-13,19H,3-5,14-18H2,1-2H3,(H,25,27). The molecule has 2 aromatic carbocycles. The van der Waals surface area contributed by atoms with Crippen LogP contribution in [0.4, 0.5) is 5.69 Å². The summed E-state index contributed by atoms with van der Waals surface area (Å²) in [6.45, 7) is 6.07. The van der Waals surface area contributed by atoms with Crippen molar-refractivity contribution in [2.75, 3.05) is 25.0 Å². The molecule has 0 aromatic heterocycles. The minimum absolute atomic E-state index is 0.225. The molecule has 0 spiro atoms. The largest absolute Gasteiger partial charge is 0.494 e. The molecule has 1 N–H and O–H groups in total. The molecule has 168 valence electrons. The summed E-state index contributed by atoms with van der Waals surface area (Å²) in [6, 6.07) is 13.4. The quantitative estimate of drug-likeness (QED) is 0.557. The van der Waals surface area contributed by atoms with E-state index < -0.39 is 10.0 Å². The third-order valence-corrected chi connectivity index (χ3v) is 7.54. The lowest BCUT2D eigenvalue weighted by Gasteiger charge is -2.29. The monoisotopic (exact) mass is 444 g/mol. The zero-order valence-electron chi connectivity index (χ0n) is 18.3. The maximum absolute atomic E-state index is 12.8. The normalized spacial score (nSPS) is 15.5. The van der Waals surface area contributed by atoms with Crippen LogP contribution in [-0.2, 0) is 10.0 Å². The average Bonchev–Trinajstić information content (AvgIpc) is 2.78. The van der Waals surface area contributed by atoms with Gasteiger partial charge in [-0.2, -0.15) is 4.31 Å². The van der Waals surface area contributed by atoms with Gasteiger partial charge in [0.1, 0.15) is 5.75 Å². The minimum atomic E-state index is -3.52. The molecule has 0 unspecified atom stereocenters. The number of sulfonamides is 1. The van der Waals surface area contributed by atoms with Gasteiger partial charge < -0.3 is 10.1 Å². The predicted molar refractivity (Wildman–Crippen MR) is 123 cm³/mol. The molecule has 1 aliphatic heterocycles. The molecule has 7 heteroatoms. The number of nitrogens with zero attached hydrogens (tertiary/aromatic N) is 1. The van der Waals surface area contributed by atoms with Crippen LogP contribution in [0, 0.1) is 5.92 Å². The van der Waals surface area contributed by atoms with Crippen molar-refractivity contribution in [3.05, 3.63) is 54.1 Å². The fourth-order valence-electron chi connectivity index (χ4n) is 3.53. The molecule has 1 fully saturated rings. The average molecular weight is 445 g/mol. The van der Waals surface area contributed by atoms with Crippen LogP contribution >= 0.6 is 0 Å². The number of amides is 1. The Kier molecular flexibility index (Phi) is 8.09. The molecule has 1 aliphatic rings. The predicted octanol–water partition coefficient (Wildman–Crippen LogP) is 4.93. The molecule has 0 saturated carbocycles. The summed E-state index contributed by atoms with van der Waals surface area (Å²) >= 11 is 0. The zero-order chi connectivity index (χ0) is 22.3. The SMILES string of the molecule is CCCCCOc1ccc(NC(=O)c2ccc(S(=O)(=O)N3CCC(C)CC3)cc2)cc1. The first-order chi connectivity index (χ1) is 14.9. The molecule has 0 radical (unpaired) electrons. The second kappa shape index (κ2) is 10.8. The van der Waals surface area contributed by atoms with Gasteiger partial charge in [-0.1, -0.05) is 26.7 Å². The maximum Gasteiger partial charge on any atom is 0.255 e. The molecule has 1 heterocycles. The summed E-state index contributed by atoms with van der Waals surface area (Å²) in [5.74, 6) is 1.04. The van der Waals surface area contributed by atoms with Gasteiger partial charge in [-0.3, -0.25) is 4.79 Å². The summed E-state index contributed by atoms with van der Waals surface area (Å²) < 4.78 is 32.9. The fourth-order valence-corrected chi connectivity index (χ4v) is 5.00. The van der Waals surface area contributed by atoms with Crippen molar-refractivity contribution in [3.8, 4) is 5.75 Å². The molecule has 3 rings (SSSR count). The number of carbonyl (C=O) groups excluding carboxylic acids is 1. The molecule has 1 saturated heterocycles. The van der Waals surface area contributed by atoms with Gasteiger partial charge in [0, 0.05) is 24.3 Å². The highest BCUT2D eigenvalue weighted by molar-refractivity contribution is 7.89. The van der Waals surface area contributed by atoms with E-state index in [2.05, 4.69) is 19.2 Å². The van der Waals surface area contributed by atoms with E-state index in [0.29, 0.717) is 36.9 Å². The van der Waals surface area contributed by atoms with E-state index in [4.69, 9.17) is 4.74 Å². The third-order valence-electron chi connectivity index (χ3n) is 5.63. The summed E-state index contributed by atoms with van der Waals surface area (Å²) in [5.41, 5.74) is 1.07. The first kappa shape index (κ1) is 23.3. The number of hydrogen-bond donors (Lipinski definition) is 1. The van der Waals surface area contributed by atoms with Crippen LogP contribution < -0.4 is 10.1 Å². The molecule has 0 atom stereocenters. The molecular weight excluding hydrogens is 412 g/mol. The number of unbranched alkanes of at least 4 members (excludes halogenated alkanes) is 2. The molecular formula is C24H32N2O4S. The van der Waals surface area contributed by atoms with Crippen LogP contribution in [-0.4, -0.2) is 38.3 Å². The number of anilines is 1. The highest BCUT2D eigenvalue weighted by Gasteiger charge is 2.28. The highest BCUT2D eigenvalue weighted by atomic mass is 32.2. The molecule has 6 nitrogen and oxygen atoms in total. The number of benzene rings is 2. The fraction of sp³-hybridized carbons (Fsp3) is 0.458. The molecule has 0 aliphatic carbocycles. The first-order valence-corrected chi connectivity index (χ1v) is 12.5. The molecule has 2 aromatic rings. The first-order valence-electron chi connectivity index (χ1n) is 11.0. The lowest BCUT2D eigenvalue weighted by Crippen LogP contribution is -2.37. The topological polar surface area (TPSA) is 75.7 Å². The van der Waals surface area contributed by atoms with E-state index in [-0.39, 0.29) is 10.8 Å². The number of hydrogen-bond acceptors (Lipinski definition) is 4. The highest BCUT2D eigenvalue weighted by Crippen LogP contribution is 2.24. The third kappa shape index (κ3) is 6.31. The number of piperidine rings is 1. The number of rotatable bonds is 9. The Balaban J connectivity index is 1.57. The van der Waals surface area contributed by atoms with Gasteiger partial charge >= 0.3 is 0 Å². The molecule has 1 amide bonds. The van der Waals surface area contributed by atoms with E-state index >= 15 is 0 Å². The van der Waals surface area contributed by atoms with Gasteiger partial charge in [-0.05, 0) is 73.7 Å². The van der Waals surface area contributed by atoms with Crippen LogP contribution in [0.1, 0.15) is 56.3 Å².